The summed E-state index contributed by atoms with van der Waals surface area (Å²) in [6.07, 6.45) is 9.85. The minimum Gasteiger partial charge on any atom is -0.493 e. The van der Waals surface area contributed by atoms with E-state index >= 15 is 0 Å². The van der Waals surface area contributed by atoms with Crippen LogP contribution in [-0.4, -0.2) is 46.1 Å². The highest BCUT2D eigenvalue weighted by Crippen LogP contribution is 2.33. The van der Waals surface area contributed by atoms with E-state index in [4.69, 9.17) is 9.47 Å². The number of methoxy groups -OCH3 is 1. The molecule has 1 aromatic carbocycles. The van der Waals surface area contributed by atoms with E-state index in [-0.39, 0.29) is 5.91 Å². The fraction of sp³-hybridized carbons (Fsp3) is 0.571. The highest BCUT2D eigenvalue weighted by Gasteiger charge is 2.25. The van der Waals surface area contributed by atoms with Crippen molar-refractivity contribution in [2.45, 2.75) is 57.5 Å². The number of benzene rings is 1. The Hall–Kier alpha value is -2.57. The van der Waals surface area contributed by atoms with E-state index in [1.54, 1.807) is 7.11 Å². The second-order valence-corrected chi connectivity index (χ2v) is 7.61. The van der Waals surface area contributed by atoms with E-state index in [9.17, 15) is 4.79 Å². The Kier molecular flexibility index (Phi) is 5.78. The van der Waals surface area contributed by atoms with Gasteiger partial charge in [-0.1, -0.05) is 43.0 Å². The average Bonchev–Trinajstić information content (AvgIpc) is 3.03. The first-order chi connectivity index (χ1) is 13.8. The lowest BCUT2D eigenvalue weighted by Crippen LogP contribution is -2.34. The third-order valence-electron chi connectivity index (χ3n) is 5.68. The highest BCUT2D eigenvalue weighted by atomic mass is 16.5. The Balaban J connectivity index is 1.52. The van der Waals surface area contributed by atoms with Gasteiger partial charge < -0.3 is 14.4 Å². The maximum atomic E-state index is 13.1. The van der Waals surface area contributed by atoms with Crippen LogP contribution >= 0.6 is 0 Å². The van der Waals surface area contributed by atoms with Crippen molar-refractivity contribution in [3.63, 3.8) is 0 Å². The van der Waals surface area contributed by atoms with Crippen LogP contribution in [0, 0.1) is 0 Å². The number of carbonyl (C=O) groups is 1. The van der Waals surface area contributed by atoms with Crippen molar-refractivity contribution in [1.29, 1.82) is 0 Å². The maximum Gasteiger partial charge on any atom is 0.276 e. The number of rotatable bonds is 3. The van der Waals surface area contributed by atoms with Gasteiger partial charge in [-0.15, -0.1) is 5.10 Å². The second kappa shape index (κ2) is 8.63. The molecule has 0 unspecified atom stereocenters. The third-order valence-corrected chi connectivity index (χ3v) is 5.68. The standard InChI is InChI=1S/C21H28N4O3/c1-27-19-11-6-8-16-14-24(12-7-13-28-20(16)19)21(26)18-15-25(23-22-18)17-9-4-2-3-5-10-17/h6,8,11,15,17H,2-5,7,9-10,12-14H2,1H3. The second-order valence-electron chi connectivity index (χ2n) is 7.61. The van der Waals surface area contributed by atoms with Gasteiger partial charge in [0.05, 0.1) is 26.0 Å². The molecule has 2 heterocycles. The first-order valence-electron chi connectivity index (χ1n) is 10.3. The van der Waals surface area contributed by atoms with Gasteiger partial charge in [0.1, 0.15) is 0 Å². The molecular formula is C21H28N4O3. The number of fused-ring (bicyclic) bond motifs is 1. The van der Waals surface area contributed by atoms with Crippen LogP contribution in [0.25, 0.3) is 0 Å². The lowest BCUT2D eigenvalue weighted by molar-refractivity contribution is 0.0715. The Bertz CT molecular complexity index is 812. The van der Waals surface area contributed by atoms with Crippen molar-refractivity contribution in [2.24, 2.45) is 0 Å². The molecule has 1 amide bonds. The molecule has 150 valence electrons. The van der Waals surface area contributed by atoms with Gasteiger partial charge in [-0.05, 0) is 25.3 Å². The number of carbonyl (C=O) groups excluding carboxylic acids is 1. The fourth-order valence-corrected chi connectivity index (χ4v) is 4.14. The normalized spacial score (nSPS) is 18.4. The van der Waals surface area contributed by atoms with Crippen molar-refractivity contribution < 1.29 is 14.3 Å². The molecule has 0 saturated heterocycles. The summed E-state index contributed by atoms with van der Waals surface area (Å²) < 4.78 is 13.2. The van der Waals surface area contributed by atoms with Gasteiger partial charge in [-0.3, -0.25) is 4.79 Å². The number of amides is 1. The highest BCUT2D eigenvalue weighted by molar-refractivity contribution is 5.92. The molecule has 1 aliphatic heterocycles. The summed E-state index contributed by atoms with van der Waals surface area (Å²) in [5.41, 5.74) is 1.37. The van der Waals surface area contributed by atoms with E-state index in [1.165, 1.54) is 25.7 Å². The average molecular weight is 384 g/mol. The summed E-state index contributed by atoms with van der Waals surface area (Å²) in [5, 5.41) is 8.49. The molecule has 28 heavy (non-hydrogen) atoms. The zero-order chi connectivity index (χ0) is 19.3. The number of aromatic nitrogens is 3. The molecule has 7 nitrogen and oxygen atoms in total. The maximum absolute atomic E-state index is 13.1. The van der Waals surface area contributed by atoms with Gasteiger partial charge in [-0.2, -0.15) is 0 Å². The zero-order valence-corrected chi connectivity index (χ0v) is 16.5. The van der Waals surface area contributed by atoms with Crippen LogP contribution in [0.1, 0.15) is 67.0 Å². The monoisotopic (exact) mass is 384 g/mol. The van der Waals surface area contributed by atoms with E-state index in [0.29, 0.717) is 37.2 Å². The molecule has 2 aromatic rings. The summed E-state index contributed by atoms with van der Waals surface area (Å²) >= 11 is 0. The Morgan fingerprint density at radius 1 is 1.18 bits per heavy atom. The molecule has 4 rings (SSSR count). The Labute approximate surface area is 165 Å². The van der Waals surface area contributed by atoms with Crippen molar-refractivity contribution in [3.05, 3.63) is 35.7 Å². The molecule has 0 bridgehead atoms. The van der Waals surface area contributed by atoms with Crippen LogP contribution in [-0.2, 0) is 6.54 Å². The van der Waals surface area contributed by atoms with Crippen LogP contribution in [0.4, 0.5) is 0 Å². The number of hydrogen-bond acceptors (Lipinski definition) is 5. The minimum absolute atomic E-state index is 0.0736. The number of hydrogen-bond donors (Lipinski definition) is 0. The third kappa shape index (κ3) is 3.98. The van der Waals surface area contributed by atoms with Crippen LogP contribution in [0.15, 0.2) is 24.4 Å². The largest absolute Gasteiger partial charge is 0.493 e. The predicted octanol–water partition coefficient (Wildman–Crippen LogP) is 3.61. The molecule has 2 aliphatic rings. The van der Waals surface area contributed by atoms with Crippen LogP contribution in [0.5, 0.6) is 11.5 Å². The summed E-state index contributed by atoms with van der Waals surface area (Å²) in [7, 11) is 1.63. The van der Waals surface area contributed by atoms with E-state index < -0.39 is 0 Å². The summed E-state index contributed by atoms with van der Waals surface area (Å²) in [6, 6.07) is 6.15. The molecule has 7 heteroatoms. The Morgan fingerprint density at radius 3 is 2.79 bits per heavy atom. The van der Waals surface area contributed by atoms with Gasteiger partial charge in [0.15, 0.2) is 17.2 Å². The van der Waals surface area contributed by atoms with Gasteiger partial charge >= 0.3 is 0 Å². The van der Waals surface area contributed by atoms with Crippen molar-refractivity contribution >= 4 is 5.91 Å². The van der Waals surface area contributed by atoms with Gasteiger partial charge in [0.25, 0.3) is 5.91 Å². The van der Waals surface area contributed by atoms with Crippen molar-refractivity contribution in [2.75, 3.05) is 20.3 Å². The predicted molar refractivity (Wildman–Crippen MR) is 105 cm³/mol. The van der Waals surface area contributed by atoms with E-state index in [1.807, 2.05) is 34.0 Å². The topological polar surface area (TPSA) is 69.5 Å². The van der Waals surface area contributed by atoms with Crippen LogP contribution in [0.2, 0.25) is 0 Å². The first kappa shape index (κ1) is 18.8. The molecule has 0 spiro atoms. The zero-order valence-electron chi connectivity index (χ0n) is 16.5. The molecule has 1 aromatic heterocycles. The lowest BCUT2D eigenvalue weighted by Gasteiger charge is -2.26. The van der Waals surface area contributed by atoms with Gasteiger partial charge in [-0.25, -0.2) is 4.68 Å². The molecular weight excluding hydrogens is 356 g/mol. The lowest BCUT2D eigenvalue weighted by atomic mass is 10.1. The molecule has 0 N–H and O–H groups in total. The van der Waals surface area contributed by atoms with Gasteiger partial charge in [0.2, 0.25) is 0 Å². The first-order valence-corrected chi connectivity index (χ1v) is 10.3. The fourth-order valence-electron chi connectivity index (χ4n) is 4.14. The van der Waals surface area contributed by atoms with Crippen molar-refractivity contribution in [3.8, 4) is 11.5 Å². The minimum atomic E-state index is -0.0736. The Morgan fingerprint density at radius 2 is 2.00 bits per heavy atom. The molecule has 0 atom stereocenters. The van der Waals surface area contributed by atoms with Crippen LogP contribution < -0.4 is 9.47 Å². The SMILES string of the molecule is COc1cccc2c1OCCCN(C(=O)c1cn(C3CCCCCC3)nn1)C2. The smallest absolute Gasteiger partial charge is 0.276 e. The van der Waals surface area contributed by atoms with Gasteiger partial charge in [0, 0.05) is 18.7 Å². The van der Waals surface area contributed by atoms with Crippen molar-refractivity contribution in [1.82, 2.24) is 19.9 Å². The number of para-hydroxylation sites is 1. The van der Waals surface area contributed by atoms with Crippen LogP contribution in [0.3, 0.4) is 0 Å². The quantitative estimate of drug-likeness (QED) is 0.756. The van der Waals surface area contributed by atoms with E-state index in [2.05, 4.69) is 10.3 Å². The summed E-state index contributed by atoms with van der Waals surface area (Å²) in [6.45, 7) is 1.65. The summed E-state index contributed by atoms with van der Waals surface area (Å²) in [5.74, 6) is 1.35. The molecule has 1 saturated carbocycles. The molecule has 1 fully saturated rings. The molecule has 0 radical (unpaired) electrons. The summed E-state index contributed by atoms with van der Waals surface area (Å²) in [4.78, 5) is 15.0. The number of ether oxygens (including phenoxy) is 2. The molecule has 1 aliphatic carbocycles. The van der Waals surface area contributed by atoms with E-state index in [0.717, 1.165) is 30.6 Å². The number of nitrogens with zero attached hydrogens (tertiary/aromatic N) is 4.